The standard InChI is InChI=1S/C32H54O/c1-3-5-7-11-27-16-18-28(19-17-27)20-21-29-22-24-32(25-23-29)33-26-10-15-31-14-9-8-13-30(31)12-6-4-2/h22-25,27-28,30-31H,3-21,26H2,1-2H3. The first-order valence-electron chi connectivity index (χ1n) is 15.0. The highest BCUT2D eigenvalue weighted by atomic mass is 16.5. The van der Waals surface area contributed by atoms with Gasteiger partial charge in [0.25, 0.3) is 0 Å². The van der Waals surface area contributed by atoms with Gasteiger partial charge in [-0.3, -0.25) is 0 Å². The smallest absolute Gasteiger partial charge is 0.119 e. The third kappa shape index (κ3) is 10.0. The summed E-state index contributed by atoms with van der Waals surface area (Å²) in [5, 5.41) is 0. The normalized spacial score (nSPS) is 25.8. The number of ether oxygens (including phenoxy) is 1. The Hall–Kier alpha value is -0.980. The van der Waals surface area contributed by atoms with Gasteiger partial charge in [0.2, 0.25) is 0 Å². The van der Waals surface area contributed by atoms with Crippen molar-refractivity contribution in [2.24, 2.45) is 23.7 Å². The van der Waals surface area contributed by atoms with Gasteiger partial charge in [-0.25, -0.2) is 0 Å². The van der Waals surface area contributed by atoms with E-state index in [1.54, 1.807) is 0 Å². The Balaban J connectivity index is 1.27. The van der Waals surface area contributed by atoms with E-state index >= 15 is 0 Å². The molecule has 1 heteroatoms. The Kier molecular flexibility index (Phi) is 12.8. The van der Waals surface area contributed by atoms with Gasteiger partial charge in [-0.15, -0.1) is 0 Å². The van der Waals surface area contributed by atoms with Crippen molar-refractivity contribution >= 4 is 0 Å². The molecule has 2 aliphatic carbocycles. The van der Waals surface area contributed by atoms with Crippen LogP contribution >= 0.6 is 0 Å². The predicted molar refractivity (Wildman–Crippen MR) is 144 cm³/mol. The van der Waals surface area contributed by atoms with Crippen molar-refractivity contribution in [1.29, 1.82) is 0 Å². The lowest BCUT2D eigenvalue weighted by atomic mass is 9.75. The summed E-state index contributed by atoms with van der Waals surface area (Å²) in [4.78, 5) is 0. The van der Waals surface area contributed by atoms with Crippen molar-refractivity contribution in [3.05, 3.63) is 29.8 Å². The lowest BCUT2D eigenvalue weighted by Crippen LogP contribution is -2.20. The van der Waals surface area contributed by atoms with E-state index < -0.39 is 0 Å². The Bertz CT molecular complexity index is 597. The highest BCUT2D eigenvalue weighted by molar-refractivity contribution is 5.27. The second kappa shape index (κ2) is 15.8. The van der Waals surface area contributed by atoms with Crippen molar-refractivity contribution in [1.82, 2.24) is 0 Å². The molecule has 0 amide bonds. The molecule has 0 N–H and O–H groups in total. The van der Waals surface area contributed by atoms with Gasteiger partial charge in [0.15, 0.2) is 0 Å². The number of unbranched alkanes of at least 4 members (excludes halogenated alkanes) is 3. The Morgan fingerprint density at radius 1 is 0.636 bits per heavy atom. The van der Waals surface area contributed by atoms with E-state index in [-0.39, 0.29) is 0 Å². The van der Waals surface area contributed by atoms with Crippen LogP contribution in [-0.2, 0) is 6.42 Å². The molecular weight excluding hydrogens is 400 g/mol. The van der Waals surface area contributed by atoms with Gasteiger partial charge < -0.3 is 4.74 Å². The summed E-state index contributed by atoms with van der Waals surface area (Å²) in [6, 6.07) is 9.05. The minimum absolute atomic E-state index is 0.887. The number of rotatable bonds is 15. The minimum atomic E-state index is 0.887. The summed E-state index contributed by atoms with van der Waals surface area (Å²) in [6.07, 6.45) is 27.0. The second-order valence-electron chi connectivity index (χ2n) is 11.5. The van der Waals surface area contributed by atoms with Crippen molar-refractivity contribution in [3.8, 4) is 5.75 Å². The van der Waals surface area contributed by atoms with Crippen LogP contribution in [0.3, 0.4) is 0 Å². The molecule has 2 atom stereocenters. The Morgan fingerprint density at radius 2 is 1.24 bits per heavy atom. The number of hydrogen-bond donors (Lipinski definition) is 0. The number of hydrogen-bond acceptors (Lipinski definition) is 1. The molecule has 0 bridgehead atoms. The lowest BCUT2D eigenvalue weighted by Gasteiger charge is -2.31. The molecule has 2 unspecified atom stereocenters. The third-order valence-electron chi connectivity index (χ3n) is 8.93. The van der Waals surface area contributed by atoms with Crippen LogP contribution in [-0.4, -0.2) is 6.61 Å². The van der Waals surface area contributed by atoms with E-state index in [9.17, 15) is 0 Å². The molecule has 2 aliphatic rings. The van der Waals surface area contributed by atoms with Crippen LogP contribution in [0.2, 0.25) is 0 Å². The topological polar surface area (TPSA) is 9.23 Å². The maximum atomic E-state index is 6.11. The quantitative estimate of drug-likeness (QED) is 0.239. The monoisotopic (exact) mass is 454 g/mol. The van der Waals surface area contributed by atoms with Crippen molar-refractivity contribution in [2.75, 3.05) is 6.61 Å². The molecular formula is C32H54O. The van der Waals surface area contributed by atoms with E-state index in [1.807, 2.05) is 0 Å². The molecule has 2 fully saturated rings. The molecule has 33 heavy (non-hydrogen) atoms. The first kappa shape index (κ1) is 26.6. The molecule has 0 heterocycles. The van der Waals surface area contributed by atoms with Crippen molar-refractivity contribution in [3.63, 3.8) is 0 Å². The summed E-state index contributed by atoms with van der Waals surface area (Å²) in [7, 11) is 0. The number of aryl methyl sites for hydroxylation is 1. The van der Waals surface area contributed by atoms with Gasteiger partial charge in [0.1, 0.15) is 5.75 Å². The summed E-state index contributed by atoms with van der Waals surface area (Å²) >= 11 is 0. The van der Waals surface area contributed by atoms with Gasteiger partial charge in [-0.1, -0.05) is 122 Å². The summed E-state index contributed by atoms with van der Waals surface area (Å²) in [5.41, 5.74) is 1.49. The highest BCUT2D eigenvalue weighted by Crippen LogP contribution is 2.36. The second-order valence-corrected chi connectivity index (χ2v) is 11.5. The molecule has 0 radical (unpaired) electrons. The fourth-order valence-electron chi connectivity index (χ4n) is 6.66. The molecule has 1 aromatic carbocycles. The zero-order valence-electron chi connectivity index (χ0n) is 22.2. The Morgan fingerprint density at radius 3 is 1.88 bits per heavy atom. The van der Waals surface area contributed by atoms with Gasteiger partial charge in [0, 0.05) is 0 Å². The predicted octanol–water partition coefficient (Wildman–Crippen LogP) is 10.2. The van der Waals surface area contributed by atoms with E-state index in [2.05, 4.69) is 38.1 Å². The molecule has 1 aromatic rings. The van der Waals surface area contributed by atoms with Crippen LogP contribution in [0.4, 0.5) is 0 Å². The first-order chi connectivity index (χ1) is 16.3. The van der Waals surface area contributed by atoms with Gasteiger partial charge in [-0.05, 0) is 67.1 Å². The van der Waals surface area contributed by atoms with Crippen LogP contribution in [0.1, 0.15) is 135 Å². The Labute approximate surface area is 206 Å². The van der Waals surface area contributed by atoms with E-state index in [4.69, 9.17) is 4.74 Å². The minimum Gasteiger partial charge on any atom is -0.494 e. The van der Waals surface area contributed by atoms with E-state index in [1.165, 1.54) is 128 Å². The van der Waals surface area contributed by atoms with Gasteiger partial charge in [0.05, 0.1) is 6.61 Å². The molecule has 1 nitrogen and oxygen atoms in total. The molecule has 188 valence electrons. The van der Waals surface area contributed by atoms with Crippen LogP contribution < -0.4 is 4.74 Å². The molecule has 0 spiro atoms. The van der Waals surface area contributed by atoms with E-state index in [0.29, 0.717) is 0 Å². The zero-order chi connectivity index (χ0) is 23.1. The van der Waals surface area contributed by atoms with Crippen LogP contribution in [0.5, 0.6) is 5.75 Å². The molecule has 0 aromatic heterocycles. The van der Waals surface area contributed by atoms with Crippen LogP contribution in [0.25, 0.3) is 0 Å². The summed E-state index contributed by atoms with van der Waals surface area (Å²) in [6.45, 7) is 5.53. The van der Waals surface area contributed by atoms with E-state index in [0.717, 1.165) is 36.0 Å². The summed E-state index contributed by atoms with van der Waals surface area (Å²) in [5.74, 6) is 5.02. The fraction of sp³-hybridized carbons (Fsp3) is 0.812. The maximum absolute atomic E-state index is 6.11. The van der Waals surface area contributed by atoms with Crippen molar-refractivity contribution < 1.29 is 4.74 Å². The average molecular weight is 455 g/mol. The number of benzene rings is 1. The largest absolute Gasteiger partial charge is 0.494 e. The highest BCUT2D eigenvalue weighted by Gasteiger charge is 2.24. The first-order valence-corrected chi connectivity index (χ1v) is 15.0. The lowest BCUT2D eigenvalue weighted by molar-refractivity contribution is 0.191. The van der Waals surface area contributed by atoms with Gasteiger partial charge in [-0.2, -0.15) is 0 Å². The molecule has 0 saturated heterocycles. The fourth-order valence-corrected chi connectivity index (χ4v) is 6.66. The van der Waals surface area contributed by atoms with Crippen LogP contribution in [0, 0.1) is 23.7 Å². The molecule has 2 saturated carbocycles. The summed E-state index contributed by atoms with van der Waals surface area (Å²) < 4.78 is 6.11. The zero-order valence-corrected chi connectivity index (χ0v) is 22.2. The van der Waals surface area contributed by atoms with Crippen LogP contribution in [0.15, 0.2) is 24.3 Å². The average Bonchev–Trinajstić information content (AvgIpc) is 2.86. The van der Waals surface area contributed by atoms with Crippen molar-refractivity contribution in [2.45, 2.75) is 136 Å². The molecule has 0 aliphatic heterocycles. The van der Waals surface area contributed by atoms with Gasteiger partial charge >= 0.3 is 0 Å². The molecule has 3 rings (SSSR count). The maximum Gasteiger partial charge on any atom is 0.119 e. The SMILES string of the molecule is CCCCCC1CCC(CCc2ccc(OCCCC3CCCCC3CCCC)cc2)CC1. The third-order valence-corrected chi connectivity index (χ3v) is 8.93.